The second kappa shape index (κ2) is 3.23. The molecule has 0 aliphatic carbocycles. The van der Waals surface area contributed by atoms with Gasteiger partial charge in [0.05, 0.1) is 12.6 Å². The Kier molecular flexibility index (Phi) is 2.47. The van der Waals surface area contributed by atoms with E-state index < -0.39 is 0 Å². The normalized spacial score (nSPS) is 14.7. The Bertz CT molecular complexity index is 225. The lowest BCUT2D eigenvalue weighted by Gasteiger charge is -2.25. The van der Waals surface area contributed by atoms with E-state index in [1.807, 2.05) is 20.8 Å². The second-order valence-electron chi connectivity index (χ2n) is 4.00. The summed E-state index contributed by atoms with van der Waals surface area (Å²) in [4.78, 5) is 3.80. The maximum atomic E-state index is 9.67. The van der Waals surface area contributed by atoms with Gasteiger partial charge in [-0.05, 0) is 5.41 Å². The van der Waals surface area contributed by atoms with Crippen LogP contribution in [0.3, 0.4) is 0 Å². The fourth-order valence-electron chi connectivity index (χ4n) is 0.778. The fraction of sp³-hybridized carbons (Fsp3) is 0.750. The van der Waals surface area contributed by atoms with Gasteiger partial charge >= 0.3 is 0 Å². The van der Waals surface area contributed by atoms with E-state index in [4.69, 9.17) is 0 Å². The first-order chi connectivity index (χ1) is 5.50. The maximum absolute atomic E-state index is 9.67. The lowest BCUT2D eigenvalue weighted by molar-refractivity contribution is 0.0450. The van der Waals surface area contributed by atoms with Crippen LogP contribution in [0.4, 0.5) is 0 Å². The summed E-state index contributed by atoms with van der Waals surface area (Å²) < 4.78 is 1.63. The summed E-state index contributed by atoms with van der Waals surface area (Å²) in [5, 5.41) is 13.6. The van der Waals surface area contributed by atoms with Crippen LogP contribution in [0.5, 0.6) is 0 Å². The summed E-state index contributed by atoms with van der Waals surface area (Å²) in [6.45, 7) is 6.49. The molecule has 0 aliphatic rings. The van der Waals surface area contributed by atoms with Crippen molar-refractivity contribution >= 4 is 0 Å². The van der Waals surface area contributed by atoms with E-state index >= 15 is 0 Å². The largest absolute Gasteiger partial charge is 0.391 e. The van der Waals surface area contributed by atoms with E-state index in [1.54, 1.807) is 11.0 Å². The Morgan fingerprint density at radius 2 is 2.17 bits per heavy atom. The molecule has 0 radical (unpaired) electrons. The van der Waals surface area contributed by atoms with Gasteiger partial charge in [0.2, 0.25) is 0 Å². The van der Waals surface area contributed by atoms with Gasteiger partial charge in [0.15, 0.2) is 0 Å². The number of aliphatic hydroxyl groups is 1. The molecule has 1 N–H and O–H groups in total. The molecule has 0 saturated carbocycles. The molecule has 68 valence electrons. The minimum Gasteiger partial charge on any atom is -0.391 e. The van der Waals surface area contributed by atoms with E-state index in [0.717, 1.165) is 0 Å². The molecule has 0 spiro atoms. The van der Waals surface area contributed by atoms with Crippen molar-refractivity contribution in [2.75, 3.05) is 0 Å². The van der Waals surface area contributed by atoms with Gasteiger partial charge in [-0.25, -0.2) is 4.98 Å². The topological polar surface area (TPSA) is 50.9 Å². The maximum Gasteiger partial charge on any atom is 0.137 e. The van der Waals surface area contributed by atoms with E-state index in [0.29, 0.717) is 6.54 Å². The molecule has 0 unspecified atom stereocenters. The average Bonchev–Trinajstić information content (AvgIpc) is 2.37. The van der Waals surface area contributed by atoms with Crippen LogP contribution >= 0.6 is 0 Å². The fourth-order valence-corrected chi connectivity index (χ4v) is 0.778. The number of rotatable bonds is 2. The van der Waals surface area contributed by atoms with Gasteiger partial charge < -0.3 is 5.11 Å². The van der Waals surface area contributed by atoms with Crippen molar-refractivity contribution < 1.29 is 5.11 Å². The highest BCUT2D eigenvalue weighted by Crippen LogP contribution is 2.19. The van der Waals surface area contributed by atoms with Crippen molar-refractivity contribution in [1.29, 1.82) is 0 Å². The molecule has 1 aromatic heterocycles. The highest BCUT2D eigenvalue weighted by molar-refractivity contribution is 4.73. The van der Waals surface area contributed by atoms with Crippen molar-refractivity contribution in [3.05, 3.63) is 12.7 Å². The third-order valence-corrected chi connectivity index (χ3v) is 1.83. The predicted molar refractivity (Wildman–Crippen MR) is 45.5 cm³/mol. The Morgan fingerprint density at radius 3 is 2.58 bits per heavy atom. The zero-order valence-corrected chi connectivity index (χ0v) is 7.73. The van der Waals surface area contributed by atoms with Crippen molar-refractivity contribution in [2.45, 2.75) is 33.4 Å². The number of aliphatic hydroxyl groups excluding tert-OH is 1. The van der Waals surface area contributed by atoms with Crippen LogP contribution in [0, 0.1) is 5.41 Å². The molecular formula is C8H15N3O. The molecule has 1 heterocycles. The van der Waals surface area contributed by atoms with Crippen molar-refractivity contribution in [2.24, 2.45) is 5.41 Å². The SMILES string of the molecule is CC(C)(C)[C@@H](O)Cn1cncn1. The standard InChI is InChI=1S/C8H15N3O/c1-8(2,3)7(12)4-11-6-9-5-10-11/h5-7,12H,4H2,1-3H3/t7-/m0/s1. The van der Waals surface area contributed by atoms with Crippen molar-refractivity contribution in [3.8, 4) is 0 Å². The molecule has 0 saturated heterocycles. The third kappa shape index (κ3) is 2.30. The number of aromatic nitrogens is 3. The monoisotopic (exact) mass is 169 g/mol. The first-order valence-corrected chi connectivity index (χ1v) is 4.00. The van der Waals surface area contributed by atoms with Crippen molar-refractivity contribution in [3.63, 3.8) is 0 Å². The van der Waals surface area contributed by atoms with Gasteiger partial charge in [0.1, 0.15) is 12.7 Å². The molecule has 1 aromatic rings. The molecule has 12 heavy (non-hydrogen) atoms. The minimum atomic E-state index is -0.390. The number of hydrogen-bond donors (Lipinski definition) is 1. The third-order valence-electron chi connectivity index (χ3n) is 1.83. The minimum absolute atomic E-state index is 0.105. The Hall–Kier alpha value is -0.900. The lowest BCUT2D eigenvalue weighted by Crippen LogP contribution is -2.30. The van der Waals surface area contributed by atoms with Crippen LogP contribution in [0.1, 0.15) is 20.8 Å². The Morgan fingerprint density at radius 1 is 1.50 bits per heavy atom. The van der Waals surface area contributed by atoms with Gasteiger partial charge in [-0.15, -0.1) is 0 Å². The molecular weight excluding hydrogens is 154 g/mol. The van der Waals surface area contributed by atoms with Crippen LogP contribution in [0.15, 0.2) is 12.7 Å². The average molecular weight is 169 g/mol. The van der Waals surface area contributed by atoms with Crippen LogP contribution in [0.25, 0.3) is 0 Å². The zero-order valence-electron chi connectivity index (χ0n) is 7.73. The van der Waals surface area contributed by atoms with Gasteiger partial charge in [-0.3, -0.25) is 4.68 Å². The second-order valence-corrected chi connectivity index (χ2v) is 4.00. The first-order valence-electron chi connectivity index (χ1n) is 4.00. The molecule has 0 amide bonds. The molecule has 0 aromatic carbocycles. The van der Waals surface area contributed by atoms with Gasteiger partial charge in [0, 0.05) is 0 Å². The van der Waals surface area contributed by atoms with Crippen LogP contribution in [-0.2, 0) is 6.54 Å². The lowest BCUT2D eigenvalue weighted by atomic mass is 9.89. The van der Waals surface area contributed by atoms with E-state index in [2.05, 4.69) is 10.1 Å². The summed E-state index contributed by atoms with van der Waals surface area (Å²) in [5.74, 6) is 0. The van der Waals surface area contributed by atoms with Gasteiger partial charge in [-0.1, -0.05) is 20.8 Å². The molecule has 4 nitrogen and oxygen atoms in total. The Labute approximate surface area is 72.2 Å². The predicted octanol–water partition coefficient (Wildman–Crippen LogP) is 0.685. The zero-order chi connectivity index (χ0) is 9.19. The highest BCUT2D eigenvalue weighted by atomic mass is 16.3. The summed E-state index contributed by atoms with van der Waals surface area (Å²) in [6.07, 6.45) is 2.68. The van der Waals surface area contributed by atoms with Crippen LogP contribution in [-0.4, -0.2) is 26.0 Å². The van der Waals surface area contributed by atoms with Gasteiger partial charge in [-0.2, -0.15) is 5.10 Å². The number of nitrogens with zero attached hydrogens (tertiary/aromatic N) is 3. The quantitative estimate of drug-likeness (QED) is 0.708. The molecule has 4 heteroatoms. The van der Waals surface area contributed by atoms with E-state index in [1.165, 1.54) is 6.33 Å². The van der Waals surface area contributed by atoms with Crippen LogP contribution in [0.2, 0.25) is 0 Å². The molecule has 1 rings (SSSR count). The summed E-state index contributed by atoms with van der Waals surface area (Å²) in [6, 6.07) is 0. The molecule has 0 fully saturated rings. The van der Waals surface area contributed by atoms with Gasteiger partial charge in [0.25, 0.3) is 0 Å². The van der Waals surface area contributed by atoms with E-state index in [-0.39, 0.29) is 11.5 Å². The first kappa shape index (κ1) is 9.19. The number of hydrogen-bond acceptors (Lipinski definition) is 3. The summed E-state index contributed by atoms with van der Waals surface area (Å²) in [5.41, 5.74) is -0.105. The van der Waals surface area contributed by atoms with Crippen molar-refractivity contribution in [1.82, 2.24) is 14.8 Å². The summed E-state index contributed by atoms with van der Waals surface area (Å²) >= 11 is 0. The molecule has 0 bridgehead atoms. The Balaban J connectivity index is 2.53. The smallest absolute Gasteiger partial charge is 0.137 e. The van der Waals surface area contributed by atoms with E-state index in [9.17, 15) is 5.11 Å². The molecule has 0 aliphatic heterocycles. The molecule has 1 atom stereocenters. The highest BCUT2D eigenvalue weighted by Gasteiger charge is 2.22. The van der Waals surface area contributed by atoms with Crippen LogP contribution < -0.4 is 0 Å². The summed E-state index contributed by atoms with van der Waals surface area (Å²) in [7, 11) is 0.